The quantitative estimate of drug-likeness (QED) is 0.557. The zero-order valence-corrected chi connectivity index (χ0v) is 19.0. The predicted octanol–water partition coefficient (Wildman–Crippen LogP) is 1.92. The summed E-state index contributed by atoms with van der Waals surface area (Å²) in [6.45, 7) is 0.470. The number of halogens is 3. The number of aliphatic hydroxyl groups is 1. The maximum absolute atomic E-state index is 14.8. The van der Waals surface area contributed by atoms with Crippen LogP contribution in [0.4, 0.5) is 8.78 Å². The van der Waals surface area contributed by atoms with Gasteiger partial charge in [-0.1, -0.05) is 23.7 Å². The molecule has 3 saturated heterocycles. The van der Waals surface area contributed by atoms with Gasteiger partial charge in [-0.3, -0.25) is 14.4 Å². The Morgan fingerprint density at radius 2 is 2.12 bits per heavy atom. The number of piperidine rings is 2. The maximum atomic E-state index is 14.8. The molecule has 8 nitrogen and oxygen atoms in total. The lowest BCUT2D eigenvalue weighted by molar-refractivity contribution is -0.198. The Morgan fingerprint density at radius 3 is 2.74 bits per heavy atom. The molecule has 34 heavy (non-hydrogen) atoms. The molecule has 3 N–H and O–H groups in total. The fraction of sp³-hybridized carbons (Fsp3) is 0.565. The van der Waals surface area contributed by atoms with E-state index in [9.17, 15) is 33.5 Å². The van der Waals surface area contributed by atoms with Crippen molar-refractivity contribution in [2.24, 2.45) is 11.8 Å². The molecular formula is C23H25ClF2N4O4. The van der Waals surface area contributed by atoms with Gasteiger partial charge in [0.1, 0.15) is 12.1 Å². The van der Waals surface area contributed by atoms with Gasteiger partial charge in [-0.2, -0.15) is 5.26 Å². The number of amides is 3. The van der Waals surface area contributed by atoms with Gasteiger partial charge in [-0.05, 0) is 43.4 Å². The lowest BCUT2D eigenvalue weighted by Gasteiger charge is -2.54. The molecule has 4 fully saturated rings. The van der Waals surface area contributed by atoms with Crippen molar-refractivity contribution in [1.82, 2.24) is 15.5 Å². The normalized spacial score (nSPS) is 29.1. The van der Waals surface area contributed by atoms with E-state index in [1.165, 1.54) is 12.1 Å². The van der Waals surface area contributed by atoms with Gasteiger partial charge in [0.2, 0.25) is 11.8 Å². The highest BCUT2D eigenvalue weighted by Gasteiger charge is 2.61. The first-order valence-electron chi connectivity index (χ1n) is 11.2. The molecule has 2 bridgehead atoms. The summed E-state index contributed by atoms with van der Waals surface area (Å²) < 4.78 is 29.6. The van der Waals surface area contributed by atoms with Crippen LogP contribution in [0.25, 0.3) is 0 Å². The van der Waals surface area contributed by atoms with E-state index >= 15 is 0 Å². The highest BCUT2D eigenvalue weighted by atomic mass is 35.5. The Hall–Kier alpha value is -2.77. The third-order valence-electron chi connectivity index (χ3n) is 7.01. The average Bonchev–Trinajstić information content (AvgIpc) is 3.20. The van der Waals surface area contributed by atoms with Crippen LogP contribution in [-0.2, 0) is 14.4 Å². The zero-order chi connectivity index (χ0) is 24.6. The van der Waals surface area contributed by atoms with Crippen LogP contribution >= 0.6 is 11.6 Å². The molecule has 1 aliphatic carbocycles. The number of benzene rings is 1. The third-order valence-corrected chi connectivity index (χ3v) is 7.25. The maximum Gasteiger partial charge on any atom is 0.256 e. The van der Waals surface area contributed by atoms with Gasteiger partial charge < -0.3 is 20.6 Å². The molecule has 11 heteroatoms. The first-order chi connectivity index (χ1) is 16.1. The summed E-state index contributed by atoms with van der Waals surface area (Å²) in [5.41, 5.74) is 0.187. The number of nitriles is 1. The summed E-state index contributed by atoms with van der Waals surface area (Å²) in [6, 6.07) is 4.35. The van der Waals surface area contributed by atoms with Crippen LogP contribution in [0.15, 0.2) is 24.3 Å². The van der Waals surface area contributed by atoms with E-state index in [-0.39, 0.29) is 35.8 Å². The summed E-state index contributed by atoms with van der Waals surface area (Å²) in [5, 5.41) is 25.6. The topological polar surface area (TPSA) is 123 Å². The number of carbonyl (C=O) groups excluding carboxylic acids is 3. The first-order valence-corrected chi connectivity index (χ1v) is 11.6. The summed E-state index contributed by atoms with van der Waals surface area (Å²) in [5.74, 6) is -7.05. The zero-order valence-electron chi connectivity index (χ0n) is 18.2. The molecular weight excluding hydrogens is 470 g/mol. The van der Waals surface area contributed by atoms with Crippen molar-refractivity contribution in [2.45, 2.75) is 62.3 Å². The van der Waals surface area contributed by atoms with Crippen LogP contribution in [0.3, 0.4) is 0 Å². The lowest BCUT2D eigenvalue weighted by atomic mass is 9.71. The number of alkyl halides is 2. The Morgan fingerprint density at radius 1 is 1.35 bits per heavy atom. The van der Waals surface area contributed by atoms with Crippen molar-refractivity contribution in [3.63, 3.8) is 0 Å². The second-order valence-electron chi connectivity index (χ2n) is 9.15. The highest BCUT2D eigenvalue weighted by molar-refractivity contribution is 6.30. The molecule has 6 atom stereocenters. The Balaban J connectivity index is 1.58. The SMILES string of the molecule is N#C[C@@H](C[C@@H]1CCNC1=O)NC(=O)[C@@H]1[C@H]2CC[C@H](CC2(F)F)N1C(=O)[C@H](O)c1cccc(Cl)c1. The Kier molecular flexibility index (Phi) is 6.78. The first kappa shape index (κ1) is 24.4. The number of carbonyl (C=O) groups is 3. The average molecular weight is 495 g/mol. The van der Waals surface area contributed by atoms with E-state index in [1.807, 2.05) is 6.07 Å². The second-order valence-corrected chi connectivity index (χ2v) is 9.59. The molecule has 3 amide bonds. The van der Waals surface area contributed by atoms with E-state index in [2.05, 4.69) is 10.6 Å². The van der Waals surface area contributed by atoms with Crippen molar-refractivity contribution >= 4 is 29.3 Å². The molecule has 5 rings (SSSR count). The van der Waals surface area contributed by atoms with Crippen molar-refractivity contribution in [3.8, 4) is 6.07 Å². The standard InChI is InChI=1S/C23H25ClF2N4O4/c24-14-3-1-2-12(8-14)19(31)22(34)30-16-4-5-17(23(25,26)10-16)18(30)21(33)29-15(11-27)9-13-6-7-28-20(13)32/h1-3,8,13,15-19,31H,4-7,9-10H2,(H,28,32)(H,29,33)/t13-,15+,16+,17+,18-,19+/m0/s1. The van der Waals surface area contributed by atoms with Gasteiger partial charge in [0.15, 0.2) is 6.10 Å². The van der Waals surface area contributed by atoms with Gasteiger partial charge in [-0.15, -0.1) is 0 Å². The van der Waals surface area contributed by atoms with E-state index < -0.39 is 60.2 Å². The number of aliphatic hydroxyl groups excluding tert-OH is 1. The number of hydrogen-bond acceptors (Lipinski definition) is 5. The third kappa shape index (κ3) is 4.59. The Labute approximate surface area is 200 Å². The van der Waals surface area contributed by atoms with E-state index in [4.69, 9.17) is 11.6 Å². The van der Waals surface area contributed by atoms with Gasteiger partial charge in [0.05, 0.1) is 12.0 Å². The van der Waals surface area contributed by atoms with Crippen LogP contribution in [0.1, 0.15) is 43.8 Å². The molecule has 0 aromatic heterocycles. The van der Waals surface area contributed by atoms with Crippen LogP contribution in [-0.4, -0.2) is 58.3 Å². The van der Waals surface area contributed by atoms with Crippen LogP contribution in [0, 0.1) is 23.2 Å². The van der Waals surface area contributed by atoms with Gasteiger partial charge in [-0.25, -0.2) is 8.78 Å². The van der Waals surface area contributed by atoms with Gasteiger partial charge in [0, 0.05) is 29.9 Å². The highest BCUT2D eigenvalue weighted by Crippen LogP contribution is 2.49. The van der Waals surface area contributed by atoms with Crippen molar-refractivity contribution in [1.29, 1.82) is 5.26 Å². The van der Waals surface area contributed by atoms with E-state index in [0.717, 1.165) is 4.90 Å². The predicted molar refractivity (Wildman–Crippen MR) is 116 cm³/mol. The van der Waals surface area contributed by atoms with Crippen molar-refractivity contribution < 1.29 is 28.3 Å². The van der Waals surface area contributed by atoms with Crippen LogP contribution < -0.4 is 10.6 Å². The number of nitrogens with one attached hydrogen (secondary N) is 2. The summed E-state index contributed by atoms with van der Waals surface area (Å²) >= 11 is 5.95. The molecule has 182 valence electrons. The monoisotopic (exact) mass is 494 g/mol. The fourth-order valence-corrected chi connectivity index (χ4v) is 5.54. The second kappa shape index (κ2) is 9.47. The van der Waals surface area contributed by atoms with E-state index in [0.29, 0.717) is 13.0 Å². The van der Waals surface area contributed by atoms with Gasteiger partial charge in [0.25, 0.3) is 11.8 Å². The lowest BCUT2D eigenvalue weighted by Crippen LogP contribution is -2.69. The Bertz CT molecular complexity index is 1030. The van der Waals surface area contributed by atoms with Crippen molar-refractivity contribution in [2.75, 3.05) is 6.54 Å². The van der Waals surface area contributed by atoms with Crippen LogP contribution in [0.2, 0.25) is 5.02 Å². The smallest absolute Gasteiger partial charge is 0.256 e. The van der Waals surface area contributed by atoms with E-state index in [1.54, 1.807) is 12.1 Å². The van der Waals surface area contributed by atoms with Crippen LogP contribution in [0.5, 0.6) is 0 Å². The number of rotatable bonds is 6. The minimum Gasteiger partial charge on any atom is -0.378 e. The summed E-state index contributed by atoms with van der Waals surface area (Å²) in [7, 11) is 0. The summed E-state index contributed by atoms with van der Waals surface area (Å²) in [4.78, 5) is 39.4. The van der Waals surface area contributed by atoms with Gasteiger partial charge >= 0.3 is 0 Å². The largest absolute Gasteiger partial charge is 0.378 e. The summed E-state index contributed by atoms with van der Waals surface area (Å²) in [6.07, 6.45) is -1.41. The molecule has 3 aliphatic heterocycles. The molecule has 3 heterocycles. The molecule has 0 spiro atoms. The van der Waals surface area contributed by atoms with Crippen molar-refractivity contribution in [3.05, 3.63) is 34.9 Å². The number of fused-ring (bicyclic) bond motifs is 3. The number of hydrogen-bond donors (Lipinski definition) is 3. The molecule has 1 aromatic carbocycles. The molecule has 1 aromatic rings. The minimum atomic E-state index is -3.17. The fourth-order valence-electron chi connectivity index (χ4n) is 5.34. The molecule has 0 radical (unpaired) electrons. The minimum absolute atomic E-state index is 0.0368. The molecule has 0 unspecified atom stereocenters. The molecule has 4 aliphatic rings. The number of nitrogens with zero attached hydrogens (tertiary/aromatic N) is 2. The molecule has 1 saturated carbocycles.